The number of likely N-dealkylation sites (tertiary alicyclic amines) is 1. The molecule has 1 aromatic rings. The smallest absolute Gasteiger partial charge is 0.410 e. The number of pyridine rings is 1. The lowest BCUT2D eigenvalue weighted by Crippen LogP contribution is -2.35. The van der Waals surface area contributed by atoms with Crippen LogP contribution in [-0.2, 0) is 11.3 Å². The molecule has 20 heavy (non-hydrogen) atoms. The minimum absolute atomic E-state index is 0.233. The molecule has 5 heteroatoms. The second-order valence-electron chi connectivity index (χ2n) is 6.19. The highest BCUT2D eigenvalue weighted by Crippen LogP contribution is 2.29. The quantitative estimate of drug-likeness (QED) is 0.900. The molecule has 1 unspecified atom stereocenters. The van der Waals surface area contributed by atoms with Crippen molar-refractivity contribution in [2.24, 2.45) is 5.73 Å². The first-order valence-corrected chi connectivity index (χ1v) is 7.01. The lowest BCUT2D eigenvalue weighted by atomic mass is 9.95. The fraction of sp³-hybridized carbons (Fsp3) is 0.600. The summed E-state index contributed by atoms with van der Waals surface area (Å²) >= 11 is 0. The van der Waals surface area contributed by atoms with E-state index in [-0.39, 0.29) is 6.09 Å². The number of aromatic nitrogens is 1. The average molecular weight is 277 g/mol. The molecule has 110 valence electrons. The van der Waals surface area contributed by atoms with Gasteiger partial charge in [-0.2, -0.15) is 0 Å². The van der Waals surface area contributed by atoms with Crippen LogP contribution in [0.25, 0.3) is 0 Å². The number of nitrogens with two attached hydrogens (primary N) is 1. The molecule has 1 amide bonds. The third kappa shape index (κ3) is 3.48. The lowest BCUT2D eigenvalue weighted by Gasteiger charge is -2.24. The molecule has 1 aliphatic heterocycles. The third-order valence-electron chi connectivity index (χ3n) is 3.44. The zero-order valence-corrected chi connectivity index (χ0v) is 12.4. The number of rotatable bonds is 2. The van der Waals surface area contributed by atoms with Gasteiger partial charge in [0.1, 0.15) is 5.60 Å². The molecule has 2 heterocycles. The van der Waals surface area contributed by atoms with Gasteiger partial charge in [-0.25, -0.2) is 4.79 Å². The first kappa shape index (κ1) is 14.8. The van der Waals surface area contributed by atoms with Crippen molar-refractivity contribution in [3.8, 4) is 0 Å². The minimum atomic E-state index is -0.450. The number of amides is 1. The van der Waals surface area contributed by atoms with E-state index in [0.717, 1.165) is 18.5 Å². The maximum absolute atomic E-state index is 12.1. The van der Waals surface area contributed by atoms with E-state index in [2.05, 4.69) is 4.98 Å². The molecular weight excluding hydrogens is 254 g/mol. The fourth-order valence-electron chi connectivity index (χ4n) is 2.51. The van der Waals surface area contributed by atoms with Crippen LogP contribution in [0.1, 0.15) is 44.2 Å². The average Bonchev–Trinajstić information content (AvgIpc) is 2.86. The van der Waals surface area contributed by atoms with Gasteiger partial charge in [0.05, 0.1) is 0 Å². The summed E-state index contributed by atoms with van der Waals surface area (Å²) in [5.74, 6) is 0.323. The highest BCUT2D eigenvalue weighted by Gasteiger charge is 2.31. The van der Waals surface area contributed by atoms with Crippen molar-refractivity contribution in [1.29, 1.82) is 0 Å². The highest BCUT2D eigenvalue weighted by atomic mass is 16.6. The molecule has 1 aliphatic rings. The van der Waals surface area contributed by atoms with Crippen LogP contribution in [0.3, 0.4) is 0 Å². The van der Waals surface area contributed by atoms with E-state index in [9.17, 15) is 4.79 Å². The van der Waals surface area contributed by atoms with Crippen molar-refractivity contribution < 1.29 is 9.53 Å². The first-order chi connectivity index (χ1) is 9.40. The van der Waals surface area contributed by atoms with E-state index in [0.29, 0.717) is 19.0 Å². The Balaban J connectivity index is 2.04. The second kappa shape index (κ2) is 5.79. The Kier molecular flexibility index (Phi) is 4.28. The van der Waals surface area contributed by atoms with Crippen molar-refractivity contribution in [3.05, 3.63) is 29.6 Å². The Morgan fingerprint density at radius 3 is 2.95 bits per heavy atom. The minimum Gasteiger partial charge on any atom is -0.444 e. The van der Waals surface area contributed by atoms with Crippen molar-refractivity contribution in [2.45, 2.75) is 45.3 Å². The molecule has 2 N–H and O–H groups in total. The van der Waals surface area contributed by atoms with E-state index in [1.165, 1.54) is 5.56 Å². The van der Waals surface area contributed by atoms with Crippen molar-refractivity contribution in [1.82, 2.24) is 9.88 Å². The number of carbonyl (C=O) groups is 1. The highest BCUT2D eigenvalue weighted by molar-refractivity contribution is 5.68. The number of hydrogen-bond acceptors (Lipinski definition) is 4. The van der Waals surface area contributed by atoms with Crippen LogP contribution < -0.4 is 5.73 Å². The van der Waals surface area contributed by atoms with Gasteiger partial charge < -0.3 is 15.4 Å². The summed E-state index contributed by atoms with van der Waals surface area (Å²) in [6.45, 7) is 7.54. The van der Waals surface area contributed by atoms with Gasteiger partial charge in [0.2, 0.25) is 0 Å². The van der Waals surface area contributed by atoms with Crippen molar-refractivity contribution in [2.75, 3.05) is 13.1 Å². The monoisotopic (exact) mass is 277 g/mol. The lowest BCUT2D eigenvalue weighted by molar-refractivity contribution is 0.0292. The predicted octanol–water partition coefficient (Wildman–Crippen LogP) is 2.26. The van der Waals surface area contributed by atoms with E-state index >= 15 is 0 Å². The molecule has 0 saturated carbocycles. The zero-order chi connectivity index (χ0) is 14.8. The van der Waals surface area contributed by atoms with Crippen molar-refractivity contribution >= 4 is 6.09 Å². The van der Waals surface area contributed by atoms with Gasteiger partial charge in [-0.1, -0.05) is 0 Å². The van der Waals surface area contributed by atoms with Crippen LogP contribution in [0.5, 0.6) is 0 Å². The SMILES string of the molecule is CC(C)(C)OC(=O)N1CCC(c2ccncc2CN)C1. The van der Waals surface area contributed by atoms with E-state index in [1.54, 1.807) is 11.1 Å². The molecular formula is C15H23N3O2. The van der Waals surface area contributed by atoms with E-state index in [4.69, 9.17) is 10.5 Å². The standard InChI is InChI=1S/C15H23N3O2/c1-15(2,3)20-14(19)18-7-5-11(10-18)13-4-6-17-9-12(13)8-16/h4,6,9,11H,5,7-8,10,16H2,1-3H3. The van der Waals surface area contributed by atoms with Gasteiger partial charge in [0.15, 0.2) is 0 Å². The summed E-state index contributed by atoms with van der Waals surface area (Å²) in [5, 5.41) is 0. The van der Waals surface area contributed by atoms with Crippen LogP contribution in [0.2, 0.25) is 0 Å². The molecule has 0 aliphatic carbocycles. The Morgan fingerprint density at radius 2 is 2.30 bits per heavy atom. The summed E-state index contributed by atoms with van der Waals surface area (Å²) in [6, 6.07) is 2.01. The fourth-order valence-corrected chi connectivity index (χ4v) is 2.51. The van der Waals surface area contributed by atoms with Crippen LogP contribution in [0.4, 0.5) is 4.79 Å². The molecule has 1 saturated heterocycles. The molecule has 1 fully saturated rings. The Labute approximate surface area is 120 Å². The normalized spacial score (nSPS) is 19.2. The van der Waals surface area contributed by atoms with Crippen LogP contribution in [0.15, 0.2) is 18.5 Å². The number of nitrogens with zero attached hydrogens (tertiary/aromatic N) is 2. The molecule has 5 nitrogen and oxygen atoms in total. The van der Waals surface area contributed by atoms with Gasteiger partial charge in [0.25, 0.3) is 0 Å². The number of ether oxygens (including phenoxy) is 1. The summed E-state index contributed by atoms with van der Waals surface area (Å²) in [6.07, 6.45) is 4.30. The predicted molar refractivity (Wildman–Crippen MR) is 77.3 cm³/mol. The number of hydrogen-bond donors (Lipinski definition) is 1. The maximum Gasteiger partial charge on any atom is 0.410 e. The van der Waals surface area contributed by atoms with Gasteiger partial charge >= 0.3 is 6.09 Å². The molecule has 1 atom stereocenters. The zero-order valence-electron chi connectivity index (χ0n) is 12.4. The maximum atomic E-state index is 12.1. The summed E-state index contributed by atoms with van der Waals surface area (Å²) < 4.78 is 5.41. The second-order valence-corrected chi connectivity index (χ2v) is 6.19. The first-order valence-electron chi connectivity index (χ1n) is 7.01. The van der Waals surface area contributed by atoms with Crippen molar-refractivity contribution in [3.63, 3.8) is 0 Å². The van der Waals surface area contributed by atoms with Gasteiger partial charge in [-0.15, -0.1) is 0 Å². The van der Waals surface area contributed by atoms with Gasteiger partial charge in [0, 0.05) is 37.9 Å². The van der Waals surface area contributed by atoms with E-state index in [1.807, 2.05) is 33.0 Å². The molecule has 0 radical (unpaired) electrons. The largest absolute Gasteiger partial charge is 0.444 e. The topological polar surface area (TPSA) is 68.5 Å². The molecule has 0 bridgehead atoms. The van der Waals surface area contributed by atoms with Crippen LogP contribution >= 0.6 is 0 Å². The number of carbonyl (C=O) groups excluding carboxylic acids is 1. The summed E-state index contributed by atoms with van der Waals surface area (Å²) in [5.41, 5.74) is 7.56. The molecule has 2 rings (SSSR count). The molecule has 1 aromatic heterocycles. The van der Waals surface area contributed by atoms with Crippen LogP contribution in [-0.4, -0.2) is 34.7 Å². The Hall–Kier alpha value is -1.62. The molecule has 0 spiro atoms. The Morgan fingerprint density at radius 1 is 1.55 bits per heavy atom. The third-order valence-corrected chi connectivity index (χ3v) is 3.44. The van der Waals surface area contributed by atoms with Crippen LogP contribution in [0, 0.1) is 0 Å². The summed E-state index contributed by atoms with van der Waals surface area (Å²) in [4.78, 5) is 17.9. The summed E-state index contributed by atoms with van der Waals surface area (Å²) in [7, 11) is 0. The van der Waals surface area contributed by atoms with E-state index < -0.39 is 5.60 Å². The van der Waals surface area contributed by atoms with Gasteiger partial charge in [-0.05, 0) is 44.4 Å². The molecule has 0 aromatic carbocycles. The van der Waals surface area contributed by atoms with Gasteiger partial charge in [-0.3, -0.25) is 4.98 Å². The Bertz CT molecular complexity index is 482.